The third-order valence-corrected chi connectivity index (χ3v) is 3.73. The quantitative estimate of drug-likeness (QED) is 0.724. The number of nitrogens with two attached hydrogens (primary N) is 1. The lowest BCUT2D eigenvalue weighted by atomic mass is 10.1. The lowest BCUT2D eigenvalue weighted by Crippen LogP contribution is -2.11. The summed E-state index contributed by atoms with van der Waals surface area (Å²) in [5.74, 6) is -0.681. The minimum atomic E-state index is -0.600. The molecule has 1 aromatic heterocycles. The van der Waals surface area contributed by atoms with Crippen LogP contribution in [-0.4, -0.2) is 16.1 Å². The Morgan fingerprint density at radius 1 is 1.22 bits per heavy atom. The Morgan fingerprint density at radius 2 is 2.00 bits per heavy atom. The van der Waals surface area contributed by atoms with Crippen molar-refractivity contribution in [3.8, 4) is 5.75 Å². The van der Waals surface area contributed by atoms with E-state index in [4.69, 9.17) is 10.5 Å². The standard InChI is InChI=1S/C18H16N2O3/c1-11(13-8-9-20-10-16(13)19)23-18(22)15-7-6-12-4-2-3-5-14(12)17(15)21/h2-11,21H,19H2,1H3/t11-/m1/s1. The van der Waals surface area contributed by atoms with Crippen LogP contribution in [0.25, 0.3) is 10.8 Å². The highest BCUT2D eigenvalue weighted by molar-refractivity contribution is 6.01. The summed E-state index contributed by atoms with van der Waals surface area (Å²) < 4.78 is 5.43. The normalized spacial score (nSPS) is 12.0. The van der Waals surface area contributed by atoms with Crippen molar-refractivity contribution >= 4 is 22.4 Å². The van der Waals surface area contributed by atoms with Crippen LogP contribution in [0.1, 0.15) is 28.9 Å². The van der Waals surface area contributed by atoms with Crippen molar-refractivity contribution in [2.24, 2.45) is 0 Å². The first-order chi connectivity index (χ1) is 11.1. The van der Waals surface area contributed by atoms with Crippen LogP contribution in [0, 0.1) is 0 Å². The summed E-state index contributed by atoms with van der Waals surface area (Å²) in [5, 5.41) is 11.8. The van der Waals surface area contributed by atoms with Crippen molar-refractivity contribution in [2.45, 2.75) is 13.0 Å². The van der Waals surface area contributed by atoms with Gasteiger partial charge in [0.1, 0.15) is 17.4 Å². The third-order valence-electron chi connectivity index (χ3n) is 3.73. The van der Waals surface area contributed by atoms with Gasteiger partial charge in [-0.3, -0.25) is 4.98 Å². The number of phenolic OH excluding ortho intramolecular Hbond substituents is 1. The fraction of sp³-hybridized carbons (Fsp3) is 0.111. The minimum Gasteiger partial charge on any atom is -0.506 e. The van der Waals surface area contributed by atoms with Gasteiger partial charge in [0, 0.05) is 17.1 Å². The molecule has 0 unspecified atom stereocenters. The maximum atomic E-state index is 12.4. The molecule has 5 nitrogen and oxygen atoms in total. The number of aromatic nitrogens is 1. The maximum Gasteiger partial charge on any atom is 0.342 e. The number of rotatable bonds is 3. The van der Waals surface area contributed by atoms with Crippen LogP contribution >= 0.6 is 0 Å². The van der Waals surface area contributed by atoms with Crippen molar-refractivity contribution in [1.82, 2.24) is 4.98 Å². The molecule has 2 aromatic carbocycles. The lowest BCUT2D eigenvalue weighted by Gasteiger charge is -2.16. The zero-order chi connectivity index (χ0) is 16.4. The average Bonchev–Trinajstić information content (AvgIpc) is 2.55. The first-order valence-corrected chi connectivity index (χ1v) is 7.19. The number of anilines is 1. The Morgan fingerprint density at radius 3 is 2.78 bits per heavy atom. The van der Waals surface area contributed by atoms with Crippen LogP contribution in [-0.2, 0) is 4.74 Å². The number of phenols is 1. The third kappa shape index (κ3) is 2.81. The van der Waals surface area contributed by atoms with E-state index in [1.54, 1.807) is 43.5 Å². The summed E-state index contributed by atoms with van der Waals surface area (Å²) in [6.07, 6.45) is 2.55. The van der Waals surface area contributed by atoms with Gasteiger partial charge in [-0.2, -0.15) is 0 Å². The maximum absolute atomic E-state index is 12.4. The smallest absolute Gasteiger partial charge is 0.342 e. The fourth-order valence-electron chi connectivity index (χ4n) is 2.50. The second-order valence-electron chi connectivity index (χ2n) is 5.23. The van der Waals surface area contributed by atoms with E-state index in [-0.39, 0.29) is 11.3 Å². The van der Waals surface area contributed by atoms with Crippen LogP contribution in [0.3, 0.4) is 0 Å². The number of nitrogens with zero attached hydrogens (tertiary/aromatic N) is 1. The Bertz CT molecular complexity index is 877. The number of hydrogen-bond donors (Lipinski definition) is 2. The van der Waals surface area contributed by atoms with E-state index >= 15 is 0 Å². The number of carbonyl (C=O) groups excluding carboxylic acids is 1. The topological polar surface area (TPSA) is 85.4 Å². The zero-order valence-corrected chi connectivity index (χ0v) is 12.6. The SMILES string of the molecule is C[C@@H](OC(=O)c1ccc2ccccc2c1O)c1ccncc1N. The molecule has 116 valence electrons. The van der Waals surface area contributed by atoms with Crippen molar-refractivity contribution < 1.29 is 14.6 Å². The van der Waals surface area contributed by atoms with Gasteiger partial charge in [0.2, 0.25) is 0 Å². The van der Waals surface area contributed by atoms with Gasteiger partial charge in [-0.05, 0) is 24.4 Å². The van der Waals surface area contributed by atoms with E-state index in [0.717, 1.165) is 5.39 Å². The molecule has 0 saturated carbocycles. The molecule has 0 radical (unpaired) electrons. The Labute approximate surface area is 133 Å². The number of carbonyl (C=O) groups is 1. The number of nitrogen functional groups attached to an aromatic ring is 1. The first-order valence-electron chi connectivity index (χ1n) is 7.19. The zero-order valence-electron chi connectivity index (χ0n) is 12.6. The molecule has 0 bridgehead atoms. The van der Waals surface area contributed by atoms with Gasteiger partial charge in [-0.25, -0.2) is 4.79 Å². The van der Waals surface area contributed by atoms with E-state index in [2.05, 4.69) is 4.98 Å². The van der Waals surface area contributed by atoms with Gasteiger partial charge >= 0.3 is 5.97 Å². The summed E-state index contributed by atoms with van der Waals surface area (Å²) in [5.41, 5.74) is 7.09. The first kappa shape index (κ1) is 14.8. The van der Waals surface area contributed by atoms with Crippen molar-refractivity contribution in [2.75, 3.05) is 5.73 Å². The second-order valence-corrected chi connectivity index (χ2v) is 5.23. The number of fused-ring (bicyclic) bond motifs is 1. The number of aromatic hydroxyl groups is 1. The van der Waals surface area contributed by atoms with E-state index in [1.165, 1.54) is 6.20 Å². The molecule has 1 atom stereocenters. The molecule has 3 aromatic rings. The molecule has 3 N–H and O–H groups in total. The Balaban J connectivity index is 1.89. The van der Waals surface area contributed by atoms with Crippen LogP contribution in [0.4, 0.5) is 5.69 Å². The summed E-state index contributed by atoms with van der Waals surface area (Å²) >= 11 is 0. The van der Waals surface area contributed by atoms with E-state index in [0.29, 0.717) is 16.6 Å². The molecule has 3 rings (SSSR count). The molecular formula is C18H16N2O3. The van der Waals surface area contributed by atoms with Crippen molar-refractivity contribution in [3.05, 3.63) is 66.0 Å². The molecular weight excluding hydrogens is 292 g/mol. The largest absolute Gasteiger partial charge is 0.506 e. The molecule has 23 heavy (non-hydrogen) atoms. The molecule has 0 fully saturated rings. The number of hydrogen-bond acceptors (Lipinski definition) is 5. The summed E-state index contributed by atoms with van der Waals surface area (Å²) in [7, 11) is 0. The molecule has 0 aliphatic heterocycles. The highest BCUT2D eigenvalue weighted by Crippen LogP contribution is 2.31. The predicted molar refractivity (Wildman–Crippen MR) is 88.1 cm³/mol. The van der Waals surface area contributed by atoms with E-state index in [9.17, 15) is 9.90 Å². The van der Waals surface area contributed by atoms with Crippen LogP contribution in [0.5, 0.6) is 5.75 Å². The molecule has 5 heteroatoms. The summed E-state index contributed by atoms with van der Waals surface area (Å²) in [4.78, 5) is 16.3. The number of benzene rings is 2. The summed E-state index contributed by atoms with van der Waals surface area (Å²) in [6.45, 7) is 1.72. The van der Waals surface area contributed by atoms with Crippen LogP contribution < -0.4 is 5.73 Å². The lowest BCUT2D eigenvalue weighted by molar-refractivity contribution is 0.0336. The second kappa shape index (κ2) is 5.96. The van der Waals surface area contributed by atoms with Crippen LogP contribution in [0.15, 0.2) is 54.9 Å². The Hall–Kier alpha value is -3.08. The molecule has 1 heterocycles. The number of ether oxygens (including phenoxy) is 1. The molecule has 0 aliphatic rings. The van der Waals surface area contributed by atoms with Crippen LogP contribution in [0.2, 0.25) is 0 Å². The van der Waals surface area contributed by atoms with Gasteiger partial charge in [0.15, 0.2) is 0 Å². The van der Waals surface area contributed by atoms with Gasteiger partial charge in [0.05, 0.1) is 11.9 Å². The minimum absolute atomic E-state index is 0.0806. The fourth-order valence-corrected chi connectivity index (χ4v) is 2.50. The highest BCUT2D eigenvalue weighted by atomic mass is 16.5. The van der Waals surface area contributed by atoms with E-state index < -0.39 is 12.1 Å². The van der Waals surface area contributed by atoms with Crippen molar-refractivity contribution in [1.29, 1.82) is 0 Å². The number of esters is 1. The molecule has 0 spiro atoms. The summed E-state index contributed by atoms with van der Waals surface area (Å²) in [6, 6.07) is 12.3. The van der Waals surface area contributed by atoms with Gasteiger partial charge in [0.25, 0.3) is 0 Å². The number of pyridine rings is 1. The molecule has 0 amide bonds. The highest BCUT2D eigenvalue weighted by Gasteiger charge is 2.19. The van der Waals surface area contributed by atoms with Crippen molar-refractivity contribution in [3.63, 3.8) is 0 Å². The average molecular weight is 308 g/mol. The predicted octanol–water partition coefficient (Wildman–Crippen LogP) is 3.44. The Kier molecular flexibility index (Phi) is 3.85. The monoisotopic (exact) mass is 308 g/mol. The van der Waals surface area contributed by atoms with Gasteiger partial charge in [-0.1, -0.05) is 30.3 Å². The van der Waals surface area contributed by atoms with Gasteiger partial charge < -0.3 is 15.6 Å². The molecule has 0 saturated heterocycles. The van der Waals surface area contributed by atoms with Gasteiger partial charge in [-0.15, -0.1) is 0 Å². The molecule has 0 aliphatic carbocycles. The van der Waals surface area contributed by atoms with E-state index in [1.807, 2.05) is 12.1 Å².